The maximum absolute atomic E-state index is 3.57. The van der Waals surface area contributed by atoms with Gasteiger partial charge in [0.25, 0.3) is 0 Å². The second-order valence-corrected chi connectivity index (χ2v) is 6.07. The summed E-state index contributed by atoms with van der Waals surface area (Å²) in [5.41, 5.74) is 6.81. The van der Waals surface area contributed by atoms with Gasteiger partial charge in [-0.2, -0.15) is 0 Å². The van der Waals surface area contributed by atoms with E-state index in [0.717, 1.165) is 11.4 Å². The van der Waals surface area contributed by atoms with Gasteiger partial charge in [-0.25, -0.2) is 0 Å². The van der Waals surface area contributed by atoms with E-state index in [1.54, 1.807) is 0 Å². The molecule has 0 bridgehead atoms. The van der Waals surface area contributed by atoms with Crippen molar-refractivity contribution in [1.29, 1.82) is 0 Å². The Balaban J connectivity index is 2.01. The molecule has 0 atom stereocenters. The van der Waals surface area contributed by atoms with Crippen molar-refractivity contribution in [3.8, 4) is 0 Å². The van der Waals surface area contributed by atoms with Crippen molar-refractivity contribution in [3.63, 3.8) is 0 Å². The molecule has 1 N–H and O–H groups in total. The molecule has 0 saturated carbocycles. The lowest BCUT2D eigenvalue weighted by molar-refractivity contribution is 0.511. The average Bonchev–Trinajstić information content (AvgIpc) is 2.62. The topological polar surface area (TPSA) is 15.3 Å². The lowest BCUT2D eigenvalue weighted by Gasteiger charge is -2.41. The fourth-order valence-corrected chi connectivity index (χ4v) is 2.72. The predicted molar refractivity (Wildman–Crippen MR) is 98.5 cm³/mol. The predicted octanol–water partition coefficient (Wildman–Crippen LogP) is 5.46. The number of benzene rings is 3. The van der Waals surface area contributed by atoms with Crippen LogP contribution in [0.25, 0.3) is 0 Å². The molecule has 0 aliphatic carbocycles. The van der Waals surface area contributed by atoms with Gasteiger partial charge in [-0.05, 0) is 43.7 Å². The number of hydrogen-bond acceptors (Lipinski definition) is 2. The van der Waals surface area contributed by atoms with E-state index in [-0.39, 0.29) is 5.54 Å². The van der Waals surface area contributed by atoms with Crippen LogP contribution in [0.4, 0.5) is 11.4 Å². The van der Waals surface area contributed by atoms with Gasteiger partial charge >= 0.3 is 0 Å². The van der Waals surface area contributed by atoms with E-state index in [2.05, 4.69) is 91.0 Å². The molecule has 3 rings (SSSR count). The zero-order valence-electron chi connectivity index (χ0n) is 13.6. The third-order valence-electron chi connectivity index (χ3n) is 4.07. The lowest BCUT2D eigenvalue weighted by atomic mass is 9.93. The van der Waals surface area contributed by atoms with Crippen LogP contribution in [-0.4, -0.2) is 0 Å². The Hall–Kier alpha value is -2.74. The molecule has 0 aromatic heterocycles. The number of rotatable bonds is 5. The van der Waals surface area contributed by atoms with Crippen molar-refractivity contribution in [2.24, 2.45) is 0 Å². The molecule has 3 aromatic rings. The molecule has 23 heavy (non-hydrogen) atoms. The number of hydrogen-bond donors (Lipinski definition) is 1. The monoisotopic (exact) mass is 302 g/mol. The van der Waals surface area contributed by atoms with Crippen molar-refractivity contribution in [2.75, 3.05) is 10.4 Å². The van der Waals surface area contributed by atoms with Crippen LogP contribution in [-0.2, 0) is 5.54 Å². The number of nitrogens with one attached hydrogen (secondary N) is 1. The van der Waals surface area contributed by atoms with Crippen molar-refractivity contribution >= 4 is 11.4 Å². The van der Waals surface area contributed by atoms with Crippen molar-refractivity contribution in [1.82, 2.24) is 0 Å². The van der Waals surface area contributed by atoms with Gasteiger partial charge in [-0.15, -0.1) is 0 Å². The van der Waals surface area contributed by atoms with Gasteiger partial charge in [0.2, 0.25) is 0 Å². The van der Waals surface area contributed by atoms with Crippen LogP contribution >= 0.6 is 0 Å². The van der Waals surface area contributed by atoms with Crippen molar-refractivity contribution in [2.45, 2.75) is 19.4 Å². The van der Waals surface area contributed by atoms with Gasteiger partial charge in [-0.3, -0.25) is 10.4 Å². The second kappa shape index (κ2) is 6.57. The molecule has 2 heteroatoms. The zero-order chi connectivity index (χ0) is 16.1. The van der Waals surface area contributed by atoms with E-state index in [4.69, 9.17) is 0 Å². The lowest BCUT2D eigenvalue weighted by Crippen LogP contribution is -2.45. The second-order valence-electron chi connectivity index (χ2n) is 6.07. The van der Waals surface area contributed by atoms with Gasteiger partial charge in [-0.1, -0.05) is 66.7 Å². The van der Waals surface area contributed by atoms with Crippen LogP contribution < -0.4 is 10.4 Å². The average molecular weight is 302 g/mol. The highest BCUT2D eigenvalue weighted by molar-refractivity contribution is 5.58. The summed E-state index contributed by atoms with van der Waals surface area (Å²) in [4.78, 5) is 0. The summed E-state index contributed by atoms with van der Waals surface area (Å²) in [5.74, 6) is 0. The Morgan fingerprint density at radius 1 is 0.652 bits per heavy atom. The minimum Gasteiger partial charge on any atom is -0.298 e. The molecular weight excluding hydrogens is 280 g/mol. The number of anilines is 2. The smallest absolute Gasteiger partial charge is 0.0804 e. The normalized spacial score (nSPS) is 11.0. The minimum atomic E-state index is -0.210. The molecule has 0 aliphatic heterocycles. The molecular formula is C21H22N2. The maximum Gasteiger partial charge on any atom is 0.0804 e. The number of nitrogens with zero attached hydrogens (tertiary/aromatic N) is 1. The first kappa shape index (κ1) is 15.2. The largest absolute Gasteiger partial charge is 0.298 e. The van der Waals surface area contributed by atoms with E-state index >= 15 is 0 Å². The zero-order valence-corrected chi connectivity index (χ0v) is 13.6. The van der Waals surface area contributed by atoms with E-state index in [1.807, 2.05) is 24.3 Å². The van der Waals surface area contributed by atoms with Gasteiger partial charge in [0.1, 0.15) is 0 Å². The third kappa shape index (κ3) is 3.37. The van der Waals surface area contributed by atoms with E-state index in [0.29, 0.717) is 0 Å². The van der Waals surface area contributed by atoms with Crippen LogP contribution in [0.5, 0.6) is 0 Å². The SMILES string of the molecule is CC(C)(c1ccccc1)N(Nc1ccccc1)c1ccccc1. The summed E-state index contributed by atoms with van der Waals surface area (Å²) in [7, 11) is 0. The Labute approximate surface area is 138 Å². The molecule has 116 valence electrons. The van der Waals surface area contributed by atoms with Crippen LogP contribution in [0.3, 0.4) is 0 Å². The summed E-state index contributed by atoms with van der Waals surface area (Å²) in [5, 5.41) is 2.22. The van der Waals surface area contributed by atoms with Crippen LogP contribution in [0, 0.1) is 0 Å². The highest BCUT2D eigenvalue weighted by atomic mass is 15.5. The first-order valence-electron chi connectivity index (χ1n) is 7.90. The summed E-state index contributed by atoms with van der Waals surface area (Å²) >= 11 is 0. The standard InChI is InChI=1S/C21H22N2/c1-21(2,18-12-6-3-7-13-18)23(20-16-10-5-11-17-20)22-19-14-8-4-9-15-19/h3-17,22H,1-2H3. The Kier molecular flexibility index (Phi) is 4.33. The fraction of sp³-hybridized carbons (Fsp3) is 0.143. The van der Waals surface area contributed by atoms with Gasteiger partial charge in [0.05, 0.1) is 16.9 Å². The van der Waals surface area contributed by atoms with Gasteiger partial charge < -0.3 is 0 Å². The minimum absolute atomic E-state index is 0.210. The molecule has 0 amide bonds. The molecule has 3 aromatic carbocycles. The van der Waals surface area contributed by atoms with Crippen molar-refractivity contribution < 1.29 is 0 Å². The number of para-hydroxylation sites is 2. The maximum atomic E-state index is 3.57. The third-order valence-corrected chi connectivity index (χ3v) is 4.07. The molecule has 0 aliphatic rings. The summed E-state index contributed by atoms with van der Waals surface area (Å²) < 4.78 is 0. The molecule has 0 saturated heterocycles. The molecule has 0 spiro atoms. The summed E-state index contributed by atoms with van der Waals surface area (Å²) in [6.45, 7) is 4.45. The van der Waals surface area contributed by atoms with Crippen LogP contribution in [0.1, 0.15) is 19.4 Å². The Morgan fingerprint density at radius 3 is 1.70 bits per heavy atom. The van der Waals surface area contributed by atoms with Crippen LogP contribution in [0.2, 0.25) is 0 Å². The quantitative estimate of drug-likeness (QED) is 0.630. The van der Waals surface area contributed by atoms with Gasteiger partial charge in [0.15, 0.2) is 0 Å². The fourth-order valence-electron chi connectivity index (χ4n) is 2.72. The molecule has 0 unspecified atom stereocenters. The highest BCUT2D eigenvalue weighted by Crippen LogP contribution is 2.32. The summed E-state index contributed by atoms with van der Waals surface area (Å²) in [6, 6.07) is 31.3. The molecule has 0 fully saturated rings. The Bertz CT molecular complexity index is 722. The van der Waals surface area contributed by atoms with E-state index < -0.39 is 0 Å². The number of hydrazine groups is 1. The first-order chi connectivity index (χ1) is 11.2. The summed E-state index contributed by atoms with van der Waals surface area (Å²) in [6.07, 6.45) is 0. The molecule has 2 nitrogen and oxygen atoms in total. The highest BCUT2D eigenvalue weighted by Gasteiger charge is 2.29. The molecule has 0 radical (unpaired) electrons. The van der Waals surface area contributed by atoms with Crippen LogP contribution in [0.15, 0.2) is 91.0 Å². The van der Waals surface area contributed by atoms with E-state index in [1.165, 1.54) is 5.56 Å². The van der Waals surface area contributed by atoms with E-state index in [9.17, 15) is 0 Å². The first-order valence-corrected chi connectivity index (χ1v) is 7.90. The Morgan fingerprint density at radius 2 is 1.13 bits per heavy atom. The van der Waals surface area contributed by atoms with Crippen molar-refractivity contribution in [3.05, 3.63) is 96.6 Å². The molecule has 0 heterocycles. The van der Waals surface area contributed by atoms with Gasteiger partial charge in [0, 0.05) is 0 Å².